The molecule has 0 aromatic heterocycles. The standard InChI is InChI=1S/C22H19Br3N2O4/c1-12-7-16(24)8-13(2)22(12)31-11-20(29)27-26-19(28)10-30-18-6-3-14-9-15(23)4-5-17(14)21(18)25/h3-9H,10-11H2,1-2H3,(H,26,28)(H,27,29). The Morgan fingerprint density at radius 3 is 2.06 bits per heavy atom. The van der Waals surface area contributed by atoms with Gasteiger partial charge < -0.3 is 9.47 Å². The van der Waals surface area contributed by atoms with E-state index in [-0.39, 0.29) is 13.2 Å². The van der Waals surface area contributed by atoms with Gasteiger partial charge in [-0.3, -0.25) is 20.4 Å². The van der Waals surface area contributed by atoms with E-state index in [0.29, 0.717) is 11.5 Å². The average Bonchev–Trinajstić information content (AvgIpc) is 2.70. The number of rotatable bonds is 6. The van der Waals surface area contributed by atoms with Crippen LogP contribution in [0, 0.1) is 13.8 Å². The second-order valence-corrected chi connectivity index (χ2v) is 9.41. The first-order chi connectivity index (χ1) is 14.7. The number of hydrogen-bond donors (Lipinski definition) is 2. The number of halogens is 3. The third-order valence-corrected chi connectivity index (χ3v) is 6.12. The molecule has 0 fully saturated rings. The second-order valence-electron chi connectivity index (χ2n) is 6.79. The largest absolute Gasteiger partial charge is 0.483 e. The van der Waals surface area contributed by atoms with Crippen LogP contribution in [0.15, 0.2) is 55.9 Å². The quantitative estimate of drug-likeness (QED) is 0.367. The molecule has 0 aliphatic heterocycles. The summed E-state index contributed by atoms with van der Waals surface area (Å²) < 4.78 is 13.8. The van der Waals surface area contributed by atoms with E-state index in [1.54, 1.807) is 6.07 Å². The fourth-order valence-corrected chi connectivity index (χ4v) is 4.65. The molecule has 162 valence electrons. The van der Waals surface area contributed by atoms with Gasteiger partial charge in [0.05, 0.1) is 4.47 Å². The summed E-state index contributed by atoms with van der Waals surface area (Å²) in [5, 5.41) is 1.99. The molecule has 0 saturated carbocycles. The van der Waals surface area contributed by atoms with Gasteiger partial charge in [-0.1, -0.05) is 44.0 Å². The number of fused-ring (bicyclic) bond motifs is 1. The molecule has 3 aromatic rings. The molecule has 0 saturated heterocycles. The maximum atomic E-state index is 12.0. The molecule has 0 heterocycles. The summed E-state index contributed by atoms with van der Waals surface area (Å²) in [6.07, 6.45) is 0. The zero-order valence-corrected chi connectivity index (χ0v) is 21.5. The van der Waals surface area contributed by atoms with Gasteiger partial charge in [0.15, 0.2) is 13.2 Å². The van der Waals surface area contributed by atoms with Gasteiger partial charge in [0.2, 0.25) is 0 Å². The molecule has 2 amide bonds. The van der Waals surface area contributed by atoms with E-state index < -0.39 is 11.8 Å². The fourth-order valence-electron chi connectivity index (χ4n) is 2.97. The van der Waals surface area contributed by atoms with Crippen LogP contribution < -0.4 is 20.3 Å². The van der Waals surface area contributed by atoms with Crippen LogP contribution in [0.3, 0.4) is 0 Å². The van der Waals surface area contributed by atoms with Gasteiger partial charge in [0.1, 0.15) is 11.5 Å². The first kappa shape index (κ1) is 23.6. The summed E-state index contributed by atoms with van der Waals surface area (Å²) in [5.41, 5.74) is 6.45. The van der Waals surface area contributed by atoms with Crippen molar-refractivity contribution in [1.82, 2.24) is 10.9 Å². The molecule has 2 N–H and O–H groups in total. The number of aryl methyl sites for hydroxylation is 2. The Kier molecular flexibility index (Phi) is 7.96. The van der Waals surface area contributed by atoms with Crippen molar-refractivity contribution in [1.29, 1.82) is 0 Å². The van der Waals surface area contributed by atoms with Gasteiger partial charge in [-0.15, -0.1) is 0 Å². The Labute approximate surface area is 205 Å². The van der Waals surface area contributed by atoms with E-state index in [1.807, 2.05) is 50.2 Å². The van der Waals surface area contributed by atoms with Crippen molar-refractivity contribution in [2.45, 2.75) is 13.8 Å². The monoisotopic (exact) mass is 612 g/mol. The van der Waals surface area contributed by atoms with Gasteiger partial charge in [-0.2, -0.15) is 0 Å². The van der Waals surface area contributed by atoms with Crippen LogP contribution in [0.25, 0.3) is 10.8 Å². The van der Waals surface area contributed by atoms with E-state index in [2.05, 4.69) is 58.6 Å². The van der Waals surface area contributed by atoms with Crippen molar-refractivity contribution in [3.8, 4) is 11.5 Å². The van der Waals surface area contributed by atoms with Crippen molar-refractivity contribution in [3.05, 3.63) is 67.0 Å². The number of carbonyl (C=O) groups excluding carboxylic acids is 2. The van der Waals surface area contributed by atoms with Crippen LogP contribution in [0.5, 0.6) is 11.5 Å². The van der Waals surface area contributed by atoms with E-state index in [9.17, 15) is 9.59 Å². The maximum absolute atomic E-state index is 12.0. The number of ether oxygens (including phenoxy) is 2. The number of amides is 2. The van der Waals surface area contributed by atoms with Crippen molar-refractivity contribution in [2.24, 2.45) is 0 Å². The number of hydrogen-bond acceptors (Lipinski definition) is 4. The summed E-state index contributed by atoms with van der Waals surface area (Å²) in [6, 6.07) is 13.4. The van der Waals surface area contributed by atoms with Crippen LogP contribution in [0.1, 0.15) is 11.1 Å². The van der Waals surface area contributed by atoms with Gasteiger partial charge >= 0.3 is 0 Å². The minimum atomic E-state index is -0.493. The average molecular weight is 615 g/mol. The topological polar surface area (TPSA) is 76.7 Å². The SMILES string of the molecule is Cc1cc(Br)cc(C)c1OCC(=O)NNC(=O)COc1ccc2cc(Br)ccc2c1Br. The molecule has 3 rings (SSSR count). The molecule has 3 aromatic carbocycles. The molecule has 0 atom stereocenters. The summed E-state index contributed by atoms with van der Waals surface area (Å²) >= 11 is 10.4. The zero-order valence-electron chi connectivity index (χ0n) is 16.7. The number of nitrogens with one attached hydrogen (secondary N) is 2. The molecule has 6 nitrogen and oxygen atoms in total. The Bertz CT molecular complexity index is 1130. The maximum Gasteiger partial charge on any atom is 0.276 e. The van der Waals surface area contributed by atoms with Crippen molar-refractivity contribution < 1.29 is 19.1 Å². The van der Waals surface area contributed by atoms with E-state index in [4.69, 9.17) is 9.47 Å². The van der Waals surface area contributed by atoms with Crippen LogP contribution in [0.4, 0.5) is 0 Å². The van der Waals surface area contributed by atoms with E-state index in [0.717, 1.165) is 35.3 Å². The number of carbonyl (C=O) groups is 2. The Morgan fingerprint density at radius 2 is 1.42 bits per heavy atom. The summed E-state index contributed by atoms with van der Waals surface area (Å²) in [6.45, 7) is 3.31. The lowest BCUT2D eigenvalue weighted by atomic mass is 10.1. The molecule has 0 bridgehead atoms. The van der Waals surface area contributed by atoms with Gasteiger partial charge in [0.25, 0.3) is 11.8 Å². The fraction of sp³-hybridized carbons (Fsp3) is 0.182. The summed E-state index contributed by atoms with van der Waals surface area (Å²) in [7, 11) is 0. The second kappa shape index (κ2) is 10.5. The van der Waals surface area contributed by atoms with Gasteiger partial charge in [-0.25, -0.2) is 0 Å². The zero-order chi connectivity index (χ0) is 22.5. The van der Waals surface area contributed by atoms with Crippen LogP contribution in [0.2, 0.25) is 0 Å². The highest BCUT2D eigenvalue weighted by Gasteiger charge is 2.12. The lowest BCUT2D eigenvalue weighted by Crippen LogP contribution is -2.45. The van der Waals surface area contributed by atoms with Gasteiger partial charge in [-0.05, 0) is 82.0 Å². The number of benzene rings is 3. The van der Waals surface area contributed by atoms with Crippen molar-refractivity contribution in [3.63, 3.8) is 0 Å². The van der Waals surface area contributed by atoms with Crippen molar-refractivity contribution in [2.75, 3.05) is 13.2 Å². The lowest BCUT2D eigenvalue weighted by Gasteiger charge is -2.13. The Hall–Kier alpha value is -2.10. The van der Waals surface area contributed by atoms with Crippen molar-refractivity contribution >= 4 is 70.4 Å². The Balaban J connectivity index is 1.48. The molecule has 0 spiro atoms. The molecule has 0 aliphatic rings. The first-order valence-corrected chi connectivity index (χ1v) is 11.6. The molecule has 0 unspecified atom stereocenters. The highest BCUT2D eigenvalue weighted by atomic mass is 79.9. The van der Waals surface area contributed by atoms with E-state index in [1.165, 1.54) is 0 Å². The minimum Gasteiger partial charge on any atom is -0.483 e. The predicted molar refractivity (Wildman–Crippen MR) is 130 cm³/mol. The summed E-state index contributed by atoms with van der Waals surface area (Å²) in [5.74, 6) is 0.196. The van der Waals surface area contributed by atoms with Crippen LogP contribution in [-0.4, -0.2) is 25.0 Å². The highest BCUT2D eigenvalue weighted by Crippen LogP contribution is 2.34. The minimum absolute atomic E-state index is 0.226. The molecule has 0 radical (unpaired) electrons. The highest BCUT2D eigenvalue weighted by molar-refractivity contribution is 9.11. The predicted octanol–water partition coefficient (Wildman–Crippen LogP) is 5.35. The summed E-state index contributed by atoms with van der Waals surface area (Å²) in [4.78, 5) is 24.0. The van der Waals surface area contributed by atoms with Crippen LogP contribution in [-0.2, 0) is 9.59 Å². The molecule has 0 aliphatic carbocycles. The van der Waals surface area contributed by atoms with Crippen LogP contribution >= 0.6 is 47.8 Å². The Morgan fingerprint density at radius 1 is 0.806 bits per heavy atom. The normalized spacial score (nSPS) is 10.6. The first-order valence-electron chi connectivity index (χ1n) is 9.22. The third-order valence-electron chi connectivity index (χ3n) is 4.35. The molecular weight excluding hydrogens is 596 g/mol. The number of hydrazine groups is 1. The lowest BCUT2D eigenvalue weighted by molar-refractivity contribution is -0.131. The van der Waals surface area contributed by atoms with E-state index >= 15 is 0 Å². The third kappa shape index (κ3) is 6.21. The molecular formula is C22H19Br3N2O4. The smallest absolute Gasteiger partial charge is 0.276 e. The molecule has 31 heavy (non-hydrogen) atoms. The van der Waals surface area contributed by atoms with Gasteiger partial charge in [0, 0.05) is 8.95 Å². The molecule has 9 heteroatoms.